The van der Waals surface area contributed by atoms with Gasteiger partial charge in [-0.3, -0.25) is 4.79 Å². The molecular weight excluding hydrogens is 266 g/mol. The third-order valence-electron chi connectivity index (χ3n) is 4.11. The highest BCUT2D eigenvalue weighted by Gasteiger charge is 2.27. The minimum absolute atomic E-state index is 0.104. The van der Waals surface area contributed by atoms with Gasteiger partial charge in [0.15, 0.2) is 0 Å². The van der Waals surface area contributed by atoms with Crippen LogP contribution in [0.15, 0.2) is 24.3 Å². The van der Waals surface area contributed by atoms with E-state index >= 15 is 0 Å². The van der Waals surface area contributed by atoms with E-state index in [-0.39, 0.29) is 17.9 Å². The lowest BCUT2D eigenvalue weighted by molar-refractivity contribution is -0.124. The number of rotatable bonds is 5. The lowest BCUT2D eigenvalue weighted by atomic mass is 10.1. The first-order chi connectivity index (χ1) is 10.2. The van der Waals surface area contributed by atoms with E-state index in [0.717, 1.165) is 43.3 Å². The van der Waals surface area contributed by atoms with Crippen LogP contribution in [0.5, 0.6) is 0 Å². The van der Waals surface area contributed by atoms with Crippen LogP contribution in [0.3, 0.4) is 0 Å². The summed E-state index contributed by atoms with van der Waals surface area (Å²) >= 11 is 0. The van der Waals surface area contributed by atoms with Gasteiger partial charge in [-0.1, -0.05) is 17.3 Å². The smallest absolute Gasteiger partial charge is 0.223 e. The summed E-state index contributed by atoms with van der Waals surface area (Å²) in [4.78, 5) is 12.0. The maximum absolute atomic E-state index is 12.0. The van der Waals surface area contributed by atoms with Crippen LogP contribution in [0.25, 0.3) is 11.0 Å². The predicted molar refractivity (Wildman–Crippen MR) is 80.5 cm³/mol. The first kappa shape index (κ1) is 14.0. The van der Waals surface area contributed by atoms with Crippen LogP contribution in [0.2, 0.25) is 0 Å². The van der Waals surface area contributed by atoms with Crippen molar-refractivity contribution in [2.45, 2.75) is 38.3 Å². The van der Waals surface area contributed by atoms with Gasteiger partial charge in [-0.05, 0) is 37.8 Å². The molecular formula is C15H21N5O. The zero-order valence-electron chi connectivity index (χ0n) is 12.0. The number of carbonyl (C=O) groups is 1. The summed E-state index contributed by atoms with van der Waals surface area (Å²) in [6, 6.07) is 8.08. The summed E-state index contributed by atoms with van der Waals surface area (Å²) < 4.78 is 1.88. The van der Waals surface area contributed by atoms with E-state index in [2.05, 4.69) is 15.6 Å². The lowest BCUT2D eigenvalue weighted by Gasteiger charge is -2.10. The number of nitrogens with one attached hydrogen (secondary N) is 1. The molecule has 1 fully saturated rings. The van der Waals surface area contributed by atoms with Crippen LogP contribution in [0.1, 0.15) is 25.7 Å². The van der Waals surface area contributed by atoms with E-state index in [4.69, 9.17) is 5.73 Å². The highest BCUT2D eigenvalue weighted by Crippen LogP contribution is 2.23. The maximum Gasteiger partial charge on any atom is 0.223 e. The molecule has 0 spiro atoms. The molecule has 0 aliphatic heterocycles. The molecule has 6 nitrogen and oxygen atoms in total. The molecule has 2 atom stereocenters. The van der Waals surface area contributed by atoms with Crippen molar-refractivity contribution < 1.29 is 4.79 Å². The first-order valence-corrected chi connectivity index (χ1v) is 7.55. The second kappa shape index (κ2) is 6.22. The average Bonchev–Trinajstić information content (AvgIpc) is 3.10. The second-order valence-electron chi connectivity index (χ2n) is 5.72. The van der Waals surface area contributed by atoms with Gasteiger partial charge in [-0.2, -0.15) is 0 Å². The fraction of sp³-hybridized carbons (Fsp3) is 0.533. The largest absolute Gasteiger partial charge is 0.356 e. The number of amides is 1. The van der Waals surface area contributed by atoms with Gasteiger partial charge in [0.05, 0.1) is 5.52 Å². The Morgan fingerprint density at radius 2 is 2.24 bits per heavy atom. The van der Waals surface area contributed by atoms with Gasteiger partial charge < -0.3 is 11.1 Å². The third kappa shape index (κ3) is 3.21. The number of aryl methyl sites for hydroxylation is 1. The number of hydrogen-bond acceptors (Lipinski definition) is 4. The van der Waals surface area contributed by atoms with Crippen molar-refractivity contribution in [3.63, 3.8) is 0 Å². The standard InChI is InChI=1S/C15H21N5O/c16-12-7-6-11(10-12)15(21)17-8-3-9-20-14-5-2-1-4-13(14)18-19-20/h1-2,4-5,11-12H,3,6-10,16H2,(H,17,21)/t11-,12+/m0/s1. The number of fused-ring (bicyclic) bond motifs is 1. The van der Waals surface area contributed by atoms with Crippen LogP contribution in [0, 0.1) is 5.92 Å². The molecule has 1 aliphatic carbocycles. The Hall–Kier alpha value is -1.95. The van der Waals surface area contributed by atoms with Gasteiger partial charge in [-0.25, -0.2) is 4.68 Å². The highest BCUT2D eigenvalue weighted by atomic mass is 16.1. The number of nitrogens with zero attached hydrogens (tertiary/aromatic N) is 3. The second-order valence-corrected chi connectivity index (χ2v) is 5.72. The number of nitrogens with two attached hydrogens (primary N) is 1. The number of aromatic nitrogens is 3. The predicted octanol–water partition coefficient (Wildman–Crippen LogP) is 1.06. The molecule has 0 radical (unpaired) electrons. The van der Waals surface area contributed by atoms with Gasteiger partial charge in [0.1, 0.15) is 5.52 Å². The van der Waals surface area contributed by atoms with Gasteiger partial charge in [0.25, 0.3) is 0 Å². The summed E-state index contributed by atoms with van der Waals surface area (Å²) in [7, 11) is 0. The average molecular weight is 287 g/mol. The molecule has 3 N–H and O–H groups in total. The lowest BCUT2D eigenvalue weighted by Crippen LogP contribution is -2.31. The molecule has 1 aromatic carbocycles. The summed E-state index contributed by atoms with van der Waals surface area (Å²) in [5.74, 6) is 0.249. The fourth-order valence-corrected chi connectivity index (χ4v) is 2.92. The van der Waals surface area contributed by atoms with E-state index < -0.39 is 0 Å². The molecule has 1 saturated carbocycles. The van der Waals surface area contributed by atoms with E-state index in [9.17, 15) is 4.79 Å². The van der Waals surface area contributed by atoms with Crippen molar-refractivity contribution in [1.29, 1.82) is 0 Å². The Balaban J connectivity index is 1.45. The third-order valence-corrected chi connectivity index (χ3v) is 4.11. The Labute approximate surface area is 123 Å². The molecule has 112 valence electrons. The molecule has 0 unspecified atom stereocenters. The quantitative estimate of drug-likeness (QED) is 0.805. The summed E-state index contributed by atoms with van der Waals surface area (Å²) in [6.07, 6.45) is 3.54. The fourth-order valence-electron chi connectivity index (χ4n) is 2.92. The number of para-hydroxylation sites is 1. The highest BCUT2D eigenvalue weighted by molar-refractivity contribution is 5.79. The van der Waals surface area contributed by atoms with Crippen molar-refractivity contribution in [2.75, 3.05) is 6.54 Å². The zero-order chi connectivity index (χ0) is 14.7. The molecule has 1 amide bonds. The Kier molecular flexibility index (Phi) is 4.15. The Morgan fingerprint density at radius 1 is 1.38 bits per heavy atom. The van der Waals surface area contributed by atoms with Crippen LogP contribution in [-0.2, 0) is 11.3 Å². The molecule has 1 heterocycles. The van der Waals surface area contributed by atoms with Crippen molar-refractivity contribution in [2.24, 2.45) is 11.7 Å². The van der Waals surface area contributed by atoms with Gasteiger partial charge in [0, 0.05) is 25.0 Å². The van der Waals surface area contributed by atoms with Crippen molar-refractivity contribution in [3.05, 3.63) is 24.3 Å². The number of carbonyl (C=O) groups excluding carboxylic acids is 1. The van der Waals surface area contributed by atoms with Crippen LogP contribution in [-0.4, -0.2) is 33.5 Å². The topological polar surface area (TPSA) is 85.8 Å². The van der Waals surface area contributed by atoms with Crippen molar-refractivity contribution in [1.82, 2.24) is 20.3 Å². The van der Waals surface area contributed by atoms with Crippen LogP contribution < -0.4 is 11.1 Å². The Bertz CT molecular complexity index is 623. The van der Waals surface area contributed by atoms with Crippen molar-refractivity contribution in [3.8, 4) is 0 Å². The number of hydrogen-bond donors (Lipinski definition) is 2. The monoisotopic (exact) mass is 287 g/mol. The van der Waals surface area contributed by atoms with Crippen LogP contribution >= 0.6 is 0 Å². The summed E-state index contributed by atoms with van der Waals surface area (Å²) in [5, 5.41) is 11.3. The number of benzene rings is 1. The van der Waals surface area contributed by atoms with Crippen LogP contribution in [0.4, 0.5) is 0 Å². The van der Waals surface area contributed by atoms with E-state index in [1.54, 1.807) is 0 Å². The molecule has 0 saturated heterocycles. The molecule has 6 heteroatoms. The molecule has 0 bridgehead atoms. The molecule has 3 rings (SSSR count). The normalized spacial score (nSPS) is 21.8. The van der Waals surface area contributed by atoms with E-state index in [0.29, 0.717) is 6.54 Å². The summed E-state index contributed by atoms with van der Waals surface area (Å²) in [6.45, 7) is 1.42. The summed E-state index contributed by atoms with van der Waals surface area (Å²) in [5.41, 5.74) is 7.77. The van der Waals surface area contributed by atoms with E-state index in [1.165, 1.54) is 0 Å². The van der Waals surface area contributed by atoms with Crippen molar-refractivity contribution >= 4 is 16.9 Å². The zero-order valence-corrected chi connectivity index (χ0v) is 12.0. The minimum atomic E-state index is 0.104. The molecule has 2 aromatic rings. The van der Waals surface area contributed by atoms with Gasteiger partial charge in [0.2, 0.25) is 5.91 Å². The Morgan fingerprint density at radius 3 is 3.05 bits per heavy atom. The van der Waals surface area contributed by atoms with Gasteiger partial charge >= 0.3 is 0 Å². The first-order valence-electron chi connectivity index (χ1n) is 7.55. The van der Waals surface area contributed by atoms with Gasteiger partial charge in [-0.15, -0.1) is 5.10 Å². The maximum atomic E-state index is 12.0. The molecule has 21 heavy (non-hydrogen) atoms. The van der Waals surface area contributed by atoms with E-state index in [1.807, 2.05) is 28.9 Å². The minimum Gasteiger partial charge on any atom is -0.356 e. The SMILES string of the molecule is N[C@@H]1CC[C@H](C(=O)NCCCn2nnc3ccccc32)C1. The molecule has 1 aromatic heterocycles. The molecule has 1 aliphatic rings.